The highest BCUT2D eigenvalue weighted by molar-refractivity contribution is 5.61. The maximum atomic E-state index is 4.64. The van der Waals surface area contributed by atoms with Gasteiger partial charge in [-0.3, -0.25) is 4.98 Å². The maximum Gasteiger partial charge on any atom is 0.0705 e. The number of benzene rings is 2. The zero-order chi connectivity index (χ0) is 17.9. The SMILES string of the molecule is CCC(c1ccccc1)c1ccnc(-c2cccc(C(C)(C)C)c2)c1. The molecular formula is C24H27N. The van der Waals surface area contributed by atoms with Crippen molar-refractivity contribution in [2.75, 3.05) is 0 Å². The molecule has 0 amide bonds. The lowest BCUT2D eigenvalue weighted by Crippen LogP contribution is -2.10. The molecule has 0 aliphatic rings. The molecule has 1 nitrogen and oxygen atoms in total. The van der Waals surface area contributed by atoms with E-state index in [-0.39, 0.29) is 5.41 Å². The van der Waals surface area contributed by atoms with Crippen molar-refractivity contribution in [3.63, 3.8) is 0 Å². The molecule has 0 aliphatic carbocycles. The second kappa shape index (κ2) is 7.23. The Morgan fingerprint density at radius 2 is 1.60 bits per heavy atom. The van der Waals surface area contributed by atoms with Crippen molar-refractivity contribution in [1.29, 1.82) is 0 Å². The monoisotopic (exact) mass is 329 g/mol. The summed E-state index contributed by atoms with van der Waals surface area (Å²) >= 11 is 0. The Kier molecular flexibility index (Phi) is 5.03. The molecule has 128 valence electrons. The van der Waals surface area contributed by atoms with Crippen molar-refractivity contribution in [2.45, 2.75) is 45.4 Å². The summed E-state index contributed by atoms with van der Waals surface area (Å²) in [6, 6.07) is 23.9. The second-order valence-electron chi connectivity index (χ2n) is 7.68. The molecule has 0 fully saturated rings. The Bertz CT molecular complexity index is 828. The van der Waals surface area contributed by atoms with Gasteiger partial charge in [0, 0.05) is 17.7 Å². The summed E-state index contributed by atoms with van der Waals surface area (Å²) in [6.45, 7) is 8.99. The molecular weight excluding hydrogens is 302 g/mol. The number of nitrogens with zero attached hydrogens (tertiary/aromatic N) is 1. The molecule has 0 N–H and O–H groups in total. The van der Waals surface area contributed by atoms with Crippen LogP contribution in [0.15, 0.2) is 72.9 Å². The van der Waals surface area contributed by atoms with Crippen molar-refractivity contribution in [1.82, 2.24) is 4.98 Å². The molecule has 0 spiro atoms. The minimum atomic E-state index is 0.142. The zero-order valence-corrected chi connectivity index (χ0v) is 15.7. The smallest absolute Gasteiger partial charge is 0.0705 e. The normalized spacial score (nSPS) is 12.8. The zero-order valence-electron chi connectivity index (χ0n) is 15.7. The number of aromatic nitrogens is 1. The molecule has 1 heterocycles. The summed E-state index contributed by atoms with van der Waals surface area (Å²) in [5, 5.41) is 0. The van der Waals surface area contributed by atoms with E-state index in [1.807, 2.05) is 6.20 Å². The predicted octanol–water partition coefficient (Wildman–Crippen LogP) is 6.59. The highest BCUT2D eigenvalue weighted by Gasteiger charge is 2.16. The molecule has 0 saturated heterocycles. The minimum absolute atomic E-state index is 0.142. The average Bonchev–Trinajstić information content (AvgIpc) is 2.63. The fourth-order valence-corrected chi connectivity index (χ4v) is 3.32. The van der Waals surface area contributed by atoms with Gasteiger partial charge in [-0.1, -0.05) is 76.2 Å². The minimum Gasteiger partial charge on any atom is -0.256 e. The Morgan fingerprint density at radius 3 is 2.28 bits per heavy atom. The molecule has 0 radical (unpaired) electrons. The van der Waals surface area contributed by atoms with E-state index in [2.05, 4.69) is 99.4 Å². The molecule has 0 aliphatic heterocycles. The van der Waals surface area contributed by atoms with Crippen LogP contribution in [0.25, 0.3) is 11.3 Å². The van der Waals surface area contributed by atoms with Crippen LogP contribution in [0.1, 0.15) is 56.7 Å². The first-order valence-electron chi connectivity index (χ1n) is 9.11. The largest absolute Gasteiger partial charge is 0.256 e. The number of hydrogen-bond acceptors (Lipinski definition) is 1. The van der Waals surface area contributed by atoms with Gasteiger partial charge >= 0.3 is 0 Å². The van der Waals surface area contributed by atoms with Gasteiger partial charge in [-0.05, 0) is 46.7 Å². The van der Waals surface area contributed by atoms with Crippen LogP contribution in [0.4, 0.5) is 0 Å². The maximum absolute atomic E-state index is 4.64. The lowest BCUT2D eigenvalue weighted by Gasteiger charge is -2.20. The molecule has 3 aromatic rings. The Labute approximate surface area is 151 Å². The quantitative estimate of drug-likeness (QED) is 0.526. The molecule has 25 heavy (non-hydrogen) atoms. The fraction of sp³-hybridized carbons (Fsp3) is 0.292. The van der Waals surface area contributed by atoms with Gasteiger partial charge in [0.1, 0.15) is 0 Å². The van der Waals surface area contributed by atoms with Gasteiger partial charge in [0.25, 0.3) is 0 Å². The fourth-order valence-electron chi connectivity index (χ4n) is 3.32. The third-order valence-corrected chi connectivity index (χ3v) is 4.82. The van der Waals surface area contributed by atoms with Crippen molar-refractivity contribution >= 4 is 0 Å². The lowest BCUT2D eigenvalue weighted by atomic mass is 9.85. The van der Waals surface area contributed by atoms with E-state index in [0.717, 1.165) is 12.1 Å². The first-order valence-corrected chi connectivity index (χ1v) is 9.11. The molecule has 0 bridgehead atoms. The highest BCUT2D eigenvalue weighted by atomic mass is 14.7. The second-order valence-corrected chi connectivity index (χ2v) is 7.68. The number of pyridine rings is 1. The van der Waals surface area contributed by atoms with Gasteiger partial charge in [0.2, 0.25) is 0 Å². The summed E-state index contributed by atoms with van der Waals surface area (Å²) < 4.78 is 0. The van der Waals surface area contributed by atoms with Crippen molar-refractivity contribution < 1.29 is 0 Å². The van der Waals surface area contributed by atoms with Gasteiger partial charge < -0.3 is 0 Å². The van der Waals surface area contributed by atoms with Gasteiger partial charge in [-0.25, -0.2) is 0 Å². The molecule has 3 rings (SSSR count). The van der Waals surface area contributed by atoms with E-state index in [1.54, 1.807) is 0 Å². The topological polar surface area (TPSA) is 12.9 Å². The van der Waals surface area contributed by atoms with E-state index >= 15 is 0 Å². The van der Waals surface area contributed by atoms with E-state index < -0.39 is 0 Å². The van der Waals surface area contributed by atoms with Crippen LogP contribution in [-0.2, 0) is 5.41 Å². The van der Waals surface area contributed by atoms with Crippen molar-refractivity contribution in [3.8, 4) is 11.3 Å². The van der Waals surface area contributed by atoms with E-state index in [1.165, 1.54) is 22.3 Å². The predicted molar refractivity (Wildman–Crippen MR) is 107 cm³/mol. The Balaban J connectivity index is 2.00. The van der Waals surface area contributed by atoms with Crippen molar-refractivity contribution in [2.24, 2.45) is 0 Å². The molecule has 0 saturated carbocycles. The lowest BCUT2D eigenvalue weighted by molar-refractivity contribution is 0.590. The van der Waals surface area contributed by atoms with Crippen molar-refractivity contribution in [3.05, 3.63) is 89.6 Å². The summed E-state index contributed by atoms with van der Waals surface area (Å²) in [6.07, 6.45) is 3.02. The summed E-state index contributed by atoms with van der Waals surface area (Å²) in [5.41, 5.74) is 6.43. The summed E-state index contributed by atoms with van der Waals surface area (Å²) in [5.74, 6) is 0.411. The molecule has 1 unspecified atom stereocenters. The van der Waals surface area contributed by atoms with Gasteiger partial charge in [-0.2, -0.15) is 0 Å². The number of rotatable bonds is 4. The van der Waals surface area contributed by atoms with E-state index in [0.29, 0.717) is 5.92 Å². The van der Waals surface area contributed by atoms with Gasteiger partial charge in [0.15, 0.2) is 0 Å². The average molecular weight is 329 g/mol. The van der Waals surface area contributed by atoms with Crippen LogP contribution in [0.2, 0.25) is 0 Å². The first kappa shape index (κ1) is 17.4. The van der Waals surface area contributed by atoms with E-state index in [9.17, 15) is 0 Å². The van der Waals surface area contributed by atoms with Crippen LogP contribution < -0.4 is 0 Å². The van der Waals surface area contributed by atoms with Gasteiger partial charge in [0.05, 0.1) is 5.69 Å². The van der Waals surface area contributed by atoms with E-state index in [4.69, 9.17) is 0 Å². The molecule has 1 heteroatoms. The third kappa shape index (κ3) is 3.99. The highest BCUT2D eigenvalue weighted by Crippen LogP contribution is 2.31. The van der Waals surface area contributed by atoms with Crippen LogP contribution in [0, 0.1) is 0 Å². The molecule has 1 atom stereocenters. The standard InChI is InChI=1S/C24H27N/c1-5-22(18-10-7-6-8-11-18)19-14-15-25-23(17-19)20-12-9-13-21(16-20)24(2,3)4/h6-17,22H,5H2,1-4H3. The Morgan fingerprint density at radius 1 is 0.840 bits per heavy atom. The van der Waals surface area contributed by atoms with Crippen LogP contribution >= 0.6 is 0 Å². The van der Waals surface area contributed by atoms with Crippen LogP contribution in [0.5, 0.6) is 0 Å². The third-order valence-electron chi connectivity index (χ3n) is 4.82. The molecule has 1 aromatic heterocycles. The van der Waals surface area contributed by atoms with Crippen LogP contribution in [0.3, 0.4) is 0 Å². The first-order chi connectivity index (χ1) is 12.0. The Hall–Kier alpha value is -2.41. The summed E-state index contributed by atoms with van der Waals surface area (Å²) in [7, 11) is 0. The van der Waals surface area contributed by atoms with Crippen LogP contribution in [-0.4, -0.2) is 4.98 Å². The molecule has 2 aromatic carbocycles. The van der Waals surface area contributed by atoms with Gasteiger partial charge in [-0.15, -0.1) is 0 Å². The summed E-state index contributed by atoms with van der Waals surface area (Å²) in [4.78, 5) is 4.64. The number of hydrogen-bond donors (Lipinski definition) is 0.